The Hall–Kier alpha value is -2.04. The third-order valence-electron chi connectivity index (χ3n) is 2.15. The summed E-state index contributed by atoms with van der Waals surface area (Å²) in [6, 6.07) is 8.73. The molecule has 5 nitrogen and oxygen atoms in total. The molecule has 0 bridgehead atoms. The van der Waals surface area contributed by atoms with Crippen LogP contribution >= 0.6 is 0 Å². The molecule has 1 rings (SSSR count). The number of amidine groups is 1. The molecular formula is C12H17N3O2. The lowest BCUT2D eigenvalue weighted by atomic mass is 10.3. The first-order valence-electron chi connectivity index (χ1n) is 5.37. The van der Waals surface area contributed by atoms with E-state index in [1.54, 1.807) is 24.3 Å². The lowest BCUT2D eigenvalue weighted by Gasteiger charge is -2.25. The van der Waals surface area contributed by atoms with Crippen molar-refractivity contribution >= 4 is 11.9 Å². The summed E-state index contributed by atoms with van der Waals surface area (Å²) >= 11 is 0. The van der Waals surface area contributed by atoms with Gasteiger partial charge in [0, 0.05) is 6.04 Å². The molecule has 0 unspecified atom stereocenters. The molecule has 0 heterocycles. The van der Waals surface area contributed by atoms with Gasteiger partial charge in [-0.2, -0.15) is 0 Å². The third kappa shape index (κ3) is 4.14. The van der Waals surface area contributed by atoms with E-state index in [1.165, 1.54) is 4.90 Å². The van der Waals surface area contributed by atoms with Crippen LogP contribution in [0.15, 0.2) is 30.3 Å². The van der Waals surface area contributed by atoms with Gasteiger partial charge < -0.3 is 10.5 Å². The number of nitrogens with one attached hydrogen (secondary N) is 1. The molecule has 1 amide bonds. The fraction of sp³-hybridized carbons (Fsp3) is 0.333. The summed E-state index contributed by atoms with van der Waals surface area (Å²) < 4.78 is 5.17. The Morgan fingerprint density at radius 1 is 1.41 bits per heavy atom. The van der Waals surface area contributed by atoms with Crippen LogP contribution in [0.3, 0.4) is 0 Å². The molecule has 92 valence electrons. The zero-order valence-corrected chi connectivity index (χ0v) is 10.0. The van der Waals surface area contributed by atoms with Gasteiger partial charge in [0.1, 0.15) is 11.6 Å². The molecule has 0 aliphatic heterocycles. The van der Waals surface area contributed by atoms with Crippen molar-refractivity contribution in [1.82, 2.24) is 4.90 Å². The van der Waals surface area contributed by atoms with Crippen LogP contribution in [0.1, 0.15) is 13.8 Å². The number of amides is 1. The molecule has 0 saturated carbocycles. The van der Waals surface area contributed by atoms with Gasteiger partial charge in [0.2, 0.25) is 0 Å². The van der Waals surface area contributed by atoms with Crippen molar-refractivity contribution in [3.05, 3.63) is 30.3 Å². The third-order valence-corrected chi connectivity index (χ3v) is 2.15. The number of nitrogens with two attached hydrogens (primary N) is 1. The van der Waals surface area contributed by atoms with E-state index in [0.29, 0.717) is 5.75 Å². The Labute approximate surface area is 101 Å². The molecule has 5 heteroatoms. The molecule has 0 fully saturated rings. The Morgan fingerprint density at radius 3 is 2.47 bits per heavy atom. The largest absolute Gasteiger partial charge is 0.415 e. The monoisotopic (exact) mass is 235 g/mol. The van der Waals surface area contributed by atoms with Gasteiger partial charge in [-0.25, -0.2) is 4.79 Å². The number of para-hydroxylation sites is 1. The average Bonchev–Trinajstić information content (AvgIpc) is 2.26. The van der Waals surface area contributed by atoms with Gasteiger partial charge in [-0.05, 0) is 26.0 Å². The highest BCUT2D eigenvalue weighted by Crippen LogP contribution is 2.11. The molecule has 0 spiro atoms. The summed E-state index contributed by atoms with van der Waals surface area (Å²) in [4.78, 5) is 13.2. The molecule has 17 heavy (non-hydrogen) atoms. The van der Waals surface area contributed by atoms with Gasteiger partial charge in [0.05, 0.1) is 6.54 Å². The van der Waals surface area contributed by atoms with Crippen LogP contribution in [0.5, 0.6) is 5.75 Å². The first-order chi connectivity index (χ1) is 8.00. The van der Waals surface area contributed by atoms with E-state index in [1.807, 2.05) is 19.9 Å². The van der Waals surface area contributed by atoms with Gasteiger partial charge >= 0.3 is 6.09 Å². The van der Waals surface area contributed by atoms with Crippen LogP contribution in [0.25, 0.3) is 0 Å². The number of benzene rings is 1. The molecule has 0 aliphatic carbocycles. The predicted octanol–water partition coefficient (Wildman–Crippen LogP) is 1.83. The molecule has 0 atom stereocenters. The van der Waals surface area contributed by atoms with Crippen molar-refractivity contribution in [2.45, 2.75) is 19.9 Å². The molecule has 0 aromatic heterocycles. The van der Waals surface area contributed by atoms with E-state index >= 15 is 0 Å². The van der Waals surface area contributed by atoms with Crippen LogP contribution in [0.2, 0.25) is 0 Å². The Morgan fingerprint density at radius 2 is 2.00 bits per heavy atom. The minimum absolute atomic E-state index is 0.0660. The fourth-order valence-electron chi connectivity index (χ4n) is 1.29. The van der Waals surface area contributed by atoms with Gasteiger partial charge in [-0.1, -0.05) is 18.2 Å². The first kappa shape index (κ1) is 13.0. The quantitative estimate of drug-likeness (QED) is 0.617. The van der Waals surface area contributed by atoms with E-state index in [2.05, 4.69) is 0 Å². The highest BCUT2D eigenvalue weighted by atomic mass is 16.6. The number of hydrogen-bond acceptors (Lipinski definition) is 3. The van der Waals surface area contributed by atoms with E-state index in [0.717, 1.165) is 0 Å². The molecule has 1 aromatic carbocycles. The second kappa shape index (κ2) is 5.89. The molecule has 0 aliphatic rings. The normalized spacial score (nSPS) is 10.1. The molecule has 3 N–H and O–H groups in total. The predicted molar refractivity (Wildman–Crippen MR) is 66.2 cm³/mol. The Bertz CT molecular complexity index is 390. The number of nitrogens with zero attached hydrogens (tertiary/aromatic N) is 1. The van der Waals surface area contributed by atoms with E-state index in [-0.39, 0.29) is 18.4 Å². The minimum Gasteiger partial charge on any atom is -0.410 e. The van der Waals surface area contributed by atoms with Crippen LogP contribution in [0, 0.1) is 5.41 Å². The maximum Gasteiger partial charge on any atom is 0.415 e. The van der Waals surface area contributed by atoms with E-state index in [4.69, 9.17) is 15.9 Å². The minimum atomic E-state index is -0.499. The van der Waals surface area contributed by atoms with Crippen molar-refractivity contribution in [3.63, 3.8) is 0 Å². The van der Waals surface area contributed by atoms with Crippen molar-refractivity contribution in [2.75, 3.05) is 6.54 Å². The lowest BCUT2D eigenvalue weighted by Crippen LogP contribution is -2.44. The number of rotatable bonds is 4. The maximum atomic E-state index is 11.8. The highest BCUT2D eigenvalue weighted by Gasteiger charge is 2.19. The zero-order chi connectivity index (χ0) is 12.8. The standard InChI is InChI=1S/C12H17N3O2/c1-9(2)15(8-11(13)14)12(16)17-10-6-4-3-5-7-10/h3-7,9H,8H2,1-2H3,(H3,13,14). The van der Waals surface area contributed by atoms with Crippen LogP contribution in [0.4, 0.5) is 4.79 Å². The second-order valence-corrected chi connectivity index (χ2v) is 3.93. The Balaban J connectivity index is 2.69. The Kier molecular flexibility index (Phi) is 4.51. The number of hydrogen-bond donors (Lipinski definition) is 2. The van der Waals surface area contributed by atoms with Gasteiger partial charge in [0.25, 0.3) is 0 Å². The molecule has 1 aromatic rings. The van der Waals surface area contributed by atoms with E-state index in [9.17, 15) is 4.79 Å². The van der Waals surface area contributed by atoms with Crippen LogP contribution in [-0.4, -0.2) is 29.4 Å². The summed E-state index contributed by atoms with van der Waals surface area (Å²) in [7, 11) is 0. The van der Waals surface area contributed by atoms with Gasteiger partial charge in [-0.3, -0.25) is 10.3 Å². The summed E-state index contributed by atoms with van der Waals surface area (Å²) in [5.41, 5.74) is 5.30. The van der Waals surface area contributed by atoms with Gasteiger partial charge in [0.15, 0.2) is 0 Å². The van der Waals surface area contributed by atoms with Crippen molar-refractivity contribution in [2.24, 2.45) is 5.73 Å². The lowest BCUT2D eigenvalue weighted by molar-refractivity contribution is 0.147. The molecular weight excluding hydrogens is 218 g/mol. The van der Waals surface area contributed by atoms with Crippen LogP contribution in [-0.2, 0) is 0 Å². The first-order valence-corrected chi connectivity index (χ1v) is 5.37. The second-order valence-electron chi connectivity index (χ2n) is 3.93. The van der Waals surface area contributed by atoms with Gasteiger partial charge in [-0.15, -0.1) is 0 Å². The number of carbonyl (C=O) groups excluding carboxylic acids is 1. The SMILES string of the molecule is CC(C)N(CC(=N)N)C(=O)Oc1ccccc1. The van der Waals surface area contributed by atoms with E-state index < -0.39 is 6.09 Å². The summed E-state index contributed by atoms with van der Waals surface area (Å²) in [6.07, 6.45) is -0.499. The maximum absolute atomic E-state index is 11.8. The fourth-order valence-corrected chi connectivity index (χ4v) is 1.29. The van der Waals surface area contributed by atoms with Crippen LogP contribution < -0.4 is 10.5 Å². The van der Waals surface area contributed by atoms with Crippen molar-refractivity contribution in [3.8, 4) is 5.75 Å². The topological polar surface area (TPSA) is 79.4 Å². The number of ether oxygens (including phenoxy) is 1. The summed E-state index contributed by atoms with van der Waals surface area (Å²) in [5, 5.41) is 7.22. The summed E-state index contributed by atoms with van der Waals surface area (Å²) in [6.45, 7) is 3.76. The molecule has 0 radical (unpaired) electrons. The zero-order valence-electron chi connectivity index (χ0n) is 10.0. The van der Waals surface area contributed by atoms with Crippen molar-refractivity contribution in [1.29, 1.82) is 5.41 Å². The van der Waals surface area contributed by atoms with Crippen molar-refractivity contribution < 1.29 is 9.53 Å². The smallest absolute Gasteiger partial charge is 0.410 e. The summed E-state index contributed by atoms with van der Waals surface area (Å²) in [5.74, 6) is 0.412. The number of carbonyl (C=O) groups is 1. The highest BCUT2D eigenvalue weighted by molar-refractivity contribution is 5.83. The molecule has 0 saturated heterocycles. The average molecular weight is 235 g/mol.